The molecule has 0 bridgehead atoms. The third kappa shape index (κ3) is 3.41. The maximum absolute atomic E-state index is 5.42. The Morgan fingerprint density at radius 2 is 1.09 bits per heavy atom. The first-order valence-corrected chi connectivity index (χ1v) is 12.9. The van der Waals surface area contributed by atoms with Gasteiger partial charge in [-0.05, 0) is 47.5 Å². The minimum atomic E-state index is -2.77. The van der Waals surface area contributed by atoms with E-state index >= 15 is 0 Å². The van der Waals surface area contributed by atoms with Crippen molar-refractivity contribution in [2.45, 2.75) is 13.8 Å². The van der Waals surface area contributed by atoms with Crippen LogP contribution in [0.4, 0.5) is 5.69 Å². The largest absolute Gasteiger partial charge is 0.353 e. The molecule has 0 N–H and O–H groups in total. The van der Waals surface area contributed by atoms with E-state index in [0.29, 0.717) is 0 Å². The second-order valence-electron chi connectivity index (χ2n) is 8.23. The normalized spacial score (nSPS) is 15.1. The van der Waals surface area contributed by atoms with Crippen molar-refractivity contribution >= 4 is 36.4 Å². The summed E-state index contributed by atoms with van der Waals surface area (Å²) in [6.45, 7) is 4.30. The van der Waals surface area contributed by atoms with Gasteiger partial charge in [-0.3, -0.25) is 4.66 Å². The van der Waals surface area contributed by atoms with Crippen molar-refractivity contribution in [2.24, 2.45) is 4.66 Å². The molecule has 3 heteroatoms. The topological polar surface area (TPSA) is 15.6 Å². The highest BCUT2D eigenvalue weighted by molar-refractivity contribution is 7.05. The first-order valence-electron chi connectivity index (χ1n) is 11.0. The maximum Gasteiger partial charge on any atom is 0.353 e. The molecule has 0 atom stereocenters. The molecule has 0 saturated heterocycles. The van der Waals surface area contributed by atoms with Crippen LogP contribution in [0.3, 0.4) is 0 Å². The van der Waals surface area contributed by atoms with Crippen LogP contribution in [0, 0.1) is 6.92 Å². The van der Waals surface area contributed by atoms with Crippen molar-refractivity contribution in [3.8, 4) is 0 Å². The molecule has 156 valence electrons. The van der Waals surface area contributed by atoms with Crippen LogP contribution in [0.1, 0.15) is 18.1 Å². The fourth-order valence-corrected chi connectivity index (χ4v) is 8.64. The molecule has 0 fully saturated rings. The van der Waals surface area contributed by atoms with Crippen molar-refractivity contribution < 1.29 is 0 Å². The number of aryl methyl sites for hydroxylation is 1. The first-order chi connectivity index (χ1) is 15.7. The Kier molecular flexibility index (Phi) is 5.34. The third-order valence-electron chi connectivity index (χ3n) is 6.06. The monoisotopic (exact) mass is 430 g/mol. The van der Waals surface area contributed by atoms with Crippen LogP contribution in [0.2, 0.25) is 0 Å². The Bertz CT molecular complexity index is 1220. The summed E-state index contributed by atoms with van der Waals surface area (Å²) in [7, 11) is -2.77. The number of benzene rings is 4. The molecular weight excluding hydrogens is 404 g/mol. The zero-order chi connectivity index (χ0) is 22.0. The van der Waals surface area contributed by atoms with Gasteiger partial charge in [-0.2, -0.15) is 0 Å². The predicted molar refractivity (Wildman–Crippen MR) is 139 cm³/mol. The second kappa shape index (κ2) is 8.44. The average molecular weight is 431 g/mol. The van der Waals surface area contributed by atoms with E-state index in [1.807, 2.05) is 0 Å². The third-order valence-corrected chi connectivity index (χ3v) is 9.97. The quantitative estimate of drug-likeness (QED) is 0.386. The summed E-state index contributed by atoms with van der Waals surface area (Å²) >= 11 is 0. The predicted octanol–water partition coefficient (Wildman–Crippen LogP) is 5.57. The van der Waals surface area contributed by atoms with Crippen LogP contribution in [-0.2, 0) is 0 Å². The van der Waals surface area contributed by atoms with Crippen LogP contribution in [0.5, 0.6) is 0 Å². The molecule has 1 aliphatic heterocycles. The van der Waals surface area contributed by atoms with Gasteiger partial charge in [-0.1, -0.05) is 109 Å². The summed E-state index contributed by atoms with van der Waals surface area (Å²) in [4.78, 5) is 0. The summed E-state index contributed by atoms with van der Waals surface area (Å²) in [6, 6.07) is 41.2. The highest BCUT2D eigenvalue weighted by atomic mass is 28.3. The summed E-state index contributed by atoms with van der Waals surface area (Å²) in [5.41, 5.74) is 6.03. The number of allylic oxidation sites excluding steroid dienone is 1. The number of hydrogen-bond donors (Lipinski definition) is 0. The average Bonchev–Trinajstić information content (AvgIpc) is 2.86. The van der Waals surface area contributed by atoms with Crippen LogP contribution in [0.25, 0.3) is 5.70 Å². The minimum absolute atomic E-state index is 1.17. The summed E-state index contributed by atoms with van der Waals surface area (Å²) in [5.74, 6) is 0. The second-order valence-corrected chi connectivity index (χ2v) is 11.4. The van der Waals surface area contributed by atoms with E-state index < -0.39 is 8.40 Å². The van der Waals surface area contributed by atoms with Crippen molar-refractivity contribution in [3.05, 3.63) is 132 Å². The van der Waals surface area contributed by atoms with E-state index in [1.165, 1.54) is 38.5 Å². The van der Waals surface area contributed by atoms with Gasteiger partial charge in [0, 0.05) is 17.6 Å². The molecule has 5 rings (SSSR count). The van der Waals surface area contributed by atoms with Crippen molar-refractivity contribution in [1.29, 1.82) is 0 Å². The smallest absolute Gasteiger partial charge is 0.342 e. The molecule has 0 amide bonds. The Balaban J connectivity index is 1.86. The molecule has 0 saturated carbocycles. The van der Waals surface area contributed by atoms with E-state index in [2.05, 4.69) is 140 Å². The van der Waals surface area contributed by atoms with Gasteiger partial charge in [-0.25, -0.2) is 0 Å². The Morgan fingerprint density at radius 1 is 0.594 bits per heavy atom. The number of rotatable bonds is 4. The number of nitrogens with zero attached hydrogens (tertiary/aromatic N) is 2. The molecule has 1 aliphatic rings. The highest BCUT2D eigenvalue weighted by Gasteiger charge is 2.48. The number of hydrogen-bond acceptors (Lipinski definition) is 2. The van der Waals surface area contributed by atoms with E-state index in [0.717, 1.165) is 0 Å². The fourth-order valence-electron chi connectivity index (χ4n) is 4.52. The van der Waals surface area contributed by atoms with Crippen LogP contribution in [-0.4, -0.2) is 14.6 Å². The van der Waals surface area contributed by atoms with E-state index in [4.69, 9.17) is 4.66 Å². The van der Waals surface area contributed by atoms with E-state index in [9.17, 15) is 0 Å². The minimum Gasteiger partial charge on any atom is -0.342 e. The van der Waals surface area contributed by atoms with Gasteiger partial charge in [0.05, 0.1) is 0 Å². The van der Waals surface area contributed by atoms with Crippen molar-refractivity contribution in [1.82, 2.24) is 0 Å². The molecule has 4 aromatic rings. The molecule has 0 unspecified atom stereocenters. The lowest BCUT2D eigenvalue weighted by Crippen LogP contribution is -2.70. The lowest BCUT2D eigenvalue weighted by atomic mass is 10.1. The zero-order valence-corrected chi connectivity index (χ0v) is 19.4. The number of anilines is 1. The van der Waals surface area contributed by atoms with Gasteiger partial charge in [0.2, 0.25) is 0 Å². The zero-order valence-electron chi connectivity index (χ0n) is 18.4. The van der Waals surface area contributed by atoms with Gasteiger partial charge in [-0.15, -0.1) is 0 Å². The summed E-state index contributed by atoms with van der Waals surface area (Å²) in [5, 5.41) is 2.54. The van der Waals surface area contributed by atoms with Gasteiger partial charge in [0.25, 0.3) is 0 Å². The first kappa shape index (κ1) is 20.2. The summed E-state index contributed by atoms with van der Waals surface area (Å²) < 4.78 is 7.96. The van der Waals surface area contributed by atoms with Gasteiger partial charge in [0.15, 0.2) is 0 Å². The molecular formula is C29H26N2Si. The summed E-state index contributed by atoms with van der Waals surface area (Å²) in [6.07, 6.45) is 2.10. The van der Waals surface area contributed by atoms with Crippen LogP contribution in [0.15, 0.2) is 125 Å². The molecule has 2 nitrogen and oxygen atoms in total. The highest BCUT2D eigenvalue weighted by Crippen LogP contribution is 2.36. The van der Waals surface area contributed by atoms with Gasteiger partial charge in [0.1, 0.15) is 0 Å². The Morgan fingerprint density at radius 3 is 1.62 bits per heavy atom. The standard InChI is InChI=1S/C29H26N2Si/c1-23-18-20-26(21-19-23)31-29(25-12-6-3-7-13-25)24(2)22-30-32(31,27-14-8-4-9-15-27)28-16-10-5-11-17-28/h3-22H,1-2H3. The molecule has 0 aliphatic carbocycles. The molecule has 0 spiro atoms. The Labute approximate surface area is 191 Å². The lowest BCUT2D eigenvalue weighted by Gasteiger charge is -2.45. The van der Waals surface area contributed by atoms with Gasteiger partial charge >= 0.3 is 8.40 Å². The van der Waals surface area contributed by atoms with E-state index in [1.54, 1.807) is 0 Å². The Hall–Kier alpha value is -3.69. The van der Waals surface area contributed by atoms with Crippen molar-refractivity contribution in [2.75, 3.05) is 4.57 Å². The molecule has 0 aromatic heterocycles. The maximum atomic E-state index is 5.42. The SMILES string of the molecule is CC1=C(c2ccccc2)N(c2ccc(C)cc2)[Si](c2ccccc2)(c2ccccc2)N=C1. The van der Waals surface area contributed by atoms with Crippen LogP contribution < -0.4 is 14.9 Å². The van der Waals surface area contributed by atoms with E-state index in [-0.39, 0.29) is 0 Å². The van der Waals surface area contributed by atoms with Crippen molar-refractivity contribution in [3.63, 3.8) is 0 Å². The van der Waals surface area contributed by atoms with Crippen LogP contribution >= 0.6 is 0 Å². The van der Waals surface area contributed by atoms with Gasteiger partial charge < -0.3 is 4.57 Å². The molecule has 1 heterocycles. The molecule has 4 aromatic carbocycles. The molecule has 32 heavy (non-hydrogen) atoms. The fraction of sp³-hybridized carbons (Fsp3) is 0.0690. The lowest BCUT2D eigenvalue weighted by molar-refractivity contribution is 1.28. The molecule has 0 radical (unpaired) electrons.